The molecule has 1 aromatic heterocycles. The van der Waals surface area contributed by atoms with E-state index in [4.69, 9.17) is 27.9 Å². The predicted octanol–water partition coefficient (Wildman–Crippen LogP) is 7.20. The number of methoxy groups -OCH3 is 1. The van der Waals surface area contributed by atoms with Crippen LogP contribution in [0.4, 0.5) is 24.5 Å². The SMILES string of the molecule is COc1ccc(N2C(=O)C(=Cc3cccs3)N=C2SCC(=O)Nc2cc(C(F)(F)F)ccc2Cl)cc1Cl. The van der Waals surface area contributed by atoms with Crippen LogP contribution < -0.4 is 15.0 Å². The van der Waals surface area contributed by atoms with Crippen LogP contribution in [0, 0.1) is 0 Å². The number of halogens is 5. The number of amides is 2. The van der Waals surface area contributed by atoms with E-state index < -0.39 is 23.6 Å². The van der Waals surface area contributed by atoms with Gasteiger partial charge in [-0.05, 0) is 53.9 Å². The van der Waals surface area contributed by atoms with Gasteiger partial charge in [0, 0.05) is 4.88 Å². The average Bonchev–Trinajstić information content (AvgIpc) is 3.46. The van der Waals surface area contributed by atoms with Gasteiger partial charge in [-0.25, -0.2) is 4.99 Å². The summed E-state index contributed by atoms with van der Waals surface area (Å²) in [4.78, 5) is 32.4. The molecule has 13 heteroatoms. The number of nitrogens with zero attached hydrogens (tertiary/aromatic N) is 2. The summed E-state index contributed by atoms with van der Waals surface area (Å²) in [5, 5.41) is 4.66. The van der Waals surface area contributed by atoms with Crippen LogP contribution in [0.15, 0.2) is 64.6 Å². The van der Waals surface area contributed by atoms with Crippen molar-refractivity contribution >= 4 is 80.7 Å². The lowest BCUT2D eigenvalue weighted by atomic mass is 10.2. The molecule has 0 spiro atoms. The molecule has 1 aliphatic rings. The molecule has 2 amide bonds. The van der Waals surface area contributed by atoms with E-state index in [-0.39, 0.29) is 32.4 Å². The van der Waals surface area contributed by atoms with Crippen molar-refractivity contribution in [2.45, 2.75) is 6.18 Å². The normalized spacial score (nSPS) is 14.8. The maximum Gasteiger partial charge on any atom is 0.416 e. The van der Waals surface area contributed by atoms with E-state index in [0.29, 0.717) is 11.4 Å². The van der Waals surface area contributed by atoms with Crippen LogP contribution in [-0.2, 0) is 15.8 Å². The molecule has 37 heavy (non-hydrogen) atoms. The van der Waals surface area contributed by atoms with Crippen molar-refractivity contribution in [3.05, 3.63) is 80.1 Å². The van der Waals surface area contributed by atoms with Crippen molar-refractivity contribution in [3.63, 3.8) is 0 Å². The van der Waals surface area contributed by atoms with Gasteiger partial charge < -0.3 is 10.1 Å². The van der Waals surface area contributed by atoms with Gasteiger partial charge in [0.25, 0.3) is 5.91 Å². The molecular formula is C24H16Cl2F3N3O3S2. The van der Waals surface area contributed by atoms with E-state index >= 15 is 0 Å². The van der Waals surface area contributed by atoms with Gasteiger partial charge in [-0.2, -0.15) is 13.2 Å². The Labute approximate surface area is 227 Å². The molecule has 0 saturated carbocycles. The first kappa shape index (κ1) is 27.1. The Morgan fingerprint density at radius 1 is 1.19 bits per heavy atom. The highest BCUT2D eigenvalue weighted by atomic mass is 35.5. The molecule has 1 aliphatic heterocycles. The van der Waals surface area contributed by atoms with Crippen LogP contribution in [0.1, 0.15) is 10.4 Å². The van der Waals surface area contributed by atoms with Crippen molar-refractivity contribution < 1.29 is 27.5 Å². The maximum atomic E-state index is 13.3. The summed E-state index contributed by atoms with van der Waals surface area (Å²) in [6, 6.07) is 11.0. The van der Waals surface area contributed by atoms with E-state index in [0.717, 1.165) is 34.8 Å². The molecule has 0 radical (unpaired) electrons. The number of thioether (sulfide) groups is 1. The van der Waals surface area contributed by atoms with E-state index in [9.17, 15) is 22.8 Å². The first-order valence-electron chi connectivity index (χ1n) is 10.4. The number of carbonyl (C=O) groups excluding carboxylic acids is 2. The number of carbonyl (C=O) groups is 2. The molecule has 2 heterocycles. The summed E-state index contributed by atoms with van der Waals surface area (Å²) in [5.41, 5.74) is -0.573. The topological polar surface area (TPSA) is 71.0 Å². The number of alkyl halides is 3. The largest absolute Gasteiger partial charge is 0.495 e. The molecule has 4 rings (SSSR count). The lowest BCUT2D eigenvalue weighted by Crippen LogP contribution is -2.31. The third kappa shape index (κ3) is 6.30. The van der Waals surface area contributed by atoms with Gasteiger partial charge in [-0.1, -0.05) is 41.0 Å². The molecule has 0 aliphatic carbocycles. The Hall–Kier alpha value is -2.99. The molecule has 0 fully saturated rings. The predicted molar refractivity (Wildman–Crippen MR) is 143 cm³/mol. The van der Waals surface area contributed by atoms with E-state index in [1.165, 1.54) is 29.4 Å². The highest BCUT2D eigenvalue weighted by Crippen LogP contribution is 2.36. The van der Waals surface area contributed by atoms with E-state index in [2.05, 4.69) is 10.3 Å². The second-order valence-corrected chi connectivity index (χ2v) is 10.2. The Kier molecular flexibility index (Phi) is 8.17. The fraction of sp³-hybridized carbons (Fsp3) is 0.125. The van der Waals surface area contributed by atoms with E-state index in [1.807, 2.05) is 17.5 Å². The summed E-state index contributed by atoms with van der Waals surface area (Å²) < 4.78 is 44.3. The first-order chi connectivity index (χ1) is 17.6. The molecule has 2 aromatic carbocycles. The number of nitrogens with one attached hydrogen (secondary N) is 1. The van der Waals surface area contributed by atoms with Crippen LogP contribution >= 0.6 is 46.3 Å². The number of hydrogen-bond acceptors (Lipinski definition) is 6. The minimum atomic E-state index is -4.59. The first-order valence-corrected chi connectivity index (χ1v) is 13.0. The van der Waals surface area contributed by atoms with Crippen molar-refractivity contribution in [2.24, 2.45) is 4.99 Å². The van der Waals surface area contributed by atoms with Gasteiger partial charge in [-0.3, -0.25) is 14.5 Å². The fourth-order valence-corrected chi connectivity index (χ4v) is 5.12. The van der Waals surface area contributed by atoms with Gasteiger partial charge in [0.1, 0.15) is 11.4 Å². The average molecular weight is 586 g/mol. The highest BCUT2D eigenvalue weighted by Gasteiger charge is 2.33. The summed E-state index contributed by atoms with van der Waals surface area (Å²) in [6.45, 7) is 0. The van der Waals surface area contributed by atoms with Crippen molar-refractivity contribution in [2.75, 3.05) is 23.1 Å². The molecule has 0 atom stereocenters. The fourth-order valence-electron chi connectivity index (χ4n) is 3.24. The van der Waals surface area contributed by atoms with Crippen molar-refractivity contribution in [3.8, 4) is 5.75 Å². The van der Waals surface area contributed by atoms with Crippen molar-refractivity contribution in [1.29, 1.82) is 0 Å². The van der Waals surface area contributed by atoms with Gasteiger partial charge in [0.2, 0.25) is 5.91 Å². The standard InChI is InChI=1S/C24H16Cl2F3N3O3S2/c1-35-20-7-5-14(10-17(20)26)32-22(34)19(11-15-3-2-8-36-15)31-23(32)37-12-21(33)30-18-9-13(24(27,28)29)4-6-16(18)25/h2-11H,12H2,1H3,(H,30,33). The summed E-state index contributed by atoms with van der Waals surface area (Å²) >= 11 is 14.6. The minimum Gasteiger partial charge on any atom is -0.495 e. The Bertz CT molecular complexity index is 1410. The Morgan fingerprint density at radius 2 is 1.97 bits per heavy atom. The van der Waals surface area contributed by atoms with Gasteiger partial charge in [0.05, 0.1) is 39.8 Å². The van der Waals surface area contributed by atoms with Gasteiger partial charge >= 0.3 is 6.18 Å². The maximum absolute atomic E-state index is 13.3. The van der Waals surface area contributed by atoms with Gasteiger partial charge in [0.15, 0.2) is 5.17 Å². The number of rotatable bonds is 6. The van der Waals surface area contributed by atoms with Crippen LogP contribution in [0.3, 0.4) is 0 Å². The van der Waals surface area contributed by atoms with Gasteiger partial charge in [-0.15, -0.1) is 11.3 Å². The molecule has 0 unspecified atom stereocenters. The summed E-state index contributed by atoms with van der Waals surface area (Å²) in [5.74, 6) is -0.913. The zero-order valence-corrected chi connectivity index (χ0v) is 22.0. The zero-order chi connectivity index (χ0) is 26.7. The van der Waals surface area contributed by atoms with E-state index in [1.54, 1.807) is 18.2 Å². The Morgan fingerprint density at radius 3 is 2.62 bits per heavy atom. The smallest absolute Gasteiger partial charge is 0.416 e. The molecule has 0 saturated heterocycles. The number of ether oxygens (including phenoxy) is 1. The lowest BCUT2D eigenvalue weighted by molar-refractivity contribution is -0.137. The third-order valence-corrected chi connectivity index (χ3v) is 7.33. The molecule has 1 N–H and O–H groups in total. The number of thiophene rings is 1. The number of amidine groups is 1. The summed E-state index contributed by atoms with van der Waals surface area (Å²) in [7, 11) is 1.46. The minimum absolute atomic E-state index is 0.0459. The second-order valence-electron chi connectivity index (χ2n) is 7.43. The molecule has 6 nitrogen and oxygen atoms in total. The van der Waals surface area contributed by atoms with Crippen LogP contribution in [0.5, 0.6) is 5.75 Å². The third-order valence-electron chi connectivity index (χ3n) is 4.95. The summed E-state index contributed by atoms with van der Waals surface area (Å²) in [6.07, 6.45) is -2.97. The number of benzene rings is 2. The molecule has 3 aromatic rings. The van der Waals surface area contributed by atoms with Crippen LogP contribution in [-0.4, -0.2) is 29.8 Å². The molecule has 192 valence electrons. The Balaban J connectivity index is 1.57. The van der Waals surface area contributed by atoms with Crippen molar-refractivity contribution in [1.82, 2.24) is 0 Å². The van der Waals surface area contributed by atoms with Crippen LogP contribution in [0.25, 0.3) is 6.08 Å². The molecule has 0 bridgehead atoms. The lowest BCUT2D eigenvalue weighted by Gasteiger charge is -2.19. The molecular weight excluding hydrogens is 570 g/mol. The quantitative estimate of drug-likeness (QED) is 0.310. The monoisotopic (exact) mass is 585 g/mol. The number of anilines is 2. The zero-order valence-electron chi connectivity index (χ0n) is 18.8. The highest BCUT2D eigenvalue weighted by molar-refractivity contribution is 8.14. The number of hydrogen-bond donors (Lipinski definition) is 1. The second kappa shape index (κ2) is 11.2. The number of aliphatic imine (C=N–C) groups is 1. The van der Waals surface area contributed by atoms with Crippen LogP contribution in [0.2, 0.25) is 10.0 Å².